The van der Waals surface area contributed by atoms with Crippen molar-refractivity contribution in [3.05, 3.63) is 130 Å². The predicted molar refractivity (Wildman–Crippen MR) is 117 cm³/mol. The van der Waals surface area contributed by atoms with Gasteiger partial charge in [-0.1, -0.05) is 107 Å². The van der Waals surface area contributed by atoms with Crippen molar-refractivity contribution in [1.29, 1.82) is 0 Å². The zero-order valence-corrected chi connectivity index (χ0v) is 17.0. The molecule has 0 nitrogen and oxygen atoms in total. The van der Waals surface area contributed by atoms with Crippen LogP contribution in [0, 0.1) is 0 Å². The topological polar surface area (TPSA) is 0 Å². The van der Waals surface area contributed by atoms with Crippen LogP contribution >= 0.6 is 27.7 Å². The summed E-state index contributed by atoms with van der Waals surface area (Å²) in [6.45, 7) is 0. The molecule has 4 aromatic rings. The van der Waals surface area contributed by atoms with Gasteiger partial charge in [-0.2, -0.15) is 0 Å². The SMILES string of the molecule is Brc1ccc(C2(c3ccccc3)c3ccccc3Sc3ccccc32)cc1. The van der Waals surface area contributed by atoms with Gasteiger partial charge in [-0.15, -0.1) is 0 Å². The molecule has 2 heteroatoms. The molecule has 0 atom stereocenters. The summed E-state index contributed by atoms with van der Waals surface area (Å²) in [7, 11) is 0. The summed E-state index contributed by atoms with van der Waals surface area (Å²) in [5, 5.41) is 0. The van der Waals surface area contributed by atoms with Crippen LogP contribution in [0.25, 0.3) is 0 Å². The molecule has 0 spiro atoms. The largest absolute Gasteiger partial charge is 0.0894 e. The summed E-state index contributed by atoms with van der Waals surface area (Å²) in [6, 6.07) is 37.3. The molecule has 0 unspecified atom stereocenters. The summed E-state index contributed by atoms with van der Waals surface area (Å²) in [4.78, 5) is 2.64. The molecule has 0 aliphatic carbocycles. The van der Waals surface area contributed by atoms with E-state index in [9.17, 15) is 0 Å². The van der Waals surface area contributed by atoms with Crippen molar-refractivity contribution in [2.45, 2.75) is 15.2 Å². The first-order valence-electron chi connectivity index (χ1n) is 8.98. The lowest BCUT2D eigenvalue weighted by molar-refractivity contribution is 0.702. The average molecular weight is 429 g/mol. The van der Waals surface area contributed by atoms with E-state index in [0.29, 0.717) is 0 Å². The highest BCUT2D eigenvalue weighted by Gasteiger charge is 2.43. The van der Waals surface area contributed by atoms with Gasteiger partial charge in [0.05, 0.1) is 5.41 Å². The normalized spacial score (nSPS) is 14.3. The van der Waals surface area contributed by atoms with Gasteiger partial charge in [0.2, 0.25) is 0 Å². The molecule has 130 valence electrons. The monoisotopic (exact) mass is 428 g/mol. The van der Waals surface area contributed by atoms with Crippen molar-refractivity contribution >= 4 is 27.7 Å². The lowest BCUT2D eigenvalue weighted by atomic mass is 9.65. The molecule has 1 aliphatic heterocycles. The fourth-order valence-electron chi connectivity index (χ4n) is 4.17. The Morgan fingerprint density at radius 2 is 1.00 bits per heavy atom. The molecule has 1 aliphatic rings. The molecule has 0 aromatic heterocycles. The molecule has 27 heavy (non-hydrogen) atoms. The van der Waals surface area contributed by atoms with Crippen LogP contribution in [0.2, 0.25) is 0 Å². The van der Waals surface area contributed by atoms with Crippen molar-refractivity contribution < 1.29 is 0 Å². The van der Waals surface area contributed by atoms with Crippen LogP contribution in [0.15, 0.2) is 117 Å². The minimum atomic E-state index is -0.319. The van der Waals surface area contributed by atoms with E-state index in [1.165, 1.54) is 32.0 Å². The van der Waals surface area contributed by atoms with E-state index in [-0.39, 0.29) is 5.41 Å². The van der Waals surface area contributed by atoms with Gasteiger partial charge < -0.3 is 0 Å². The van der Waals surface area contributed by atoms with E-state index in [4.69, 9.17) is 0 Å². The maximum atomic E-state index is 3.60. The number of hydrogen-bond acceptors (Lipinski definition) is 1. The van der Waals surface area contributed by atoms with Crippen LogP contribution in [-0.2, 0) is 5.41 Å². The van der Waals surface area contributed by atoms with Gasteiger partial charge in [0.25, 0.3) is 0 Å². The summed E-state index contributed by atoms with van der Waals surface area (Å²) >= 11 is 5.47. The molecule has 0 saturated carbocycles. The fraction of sp³-hybridized carbons (Fsp3) is 0.0400. The van der Waals surface area contributed by atoms with Crippen LogP contribution in [-0.4, -0.2) is 0 Å². The summed E-state index contributed by atoms with van der Waals surface area (Å²) in [5.74, 6) is 0. The molecule has 1 heterocycles. The van der Waals surface area contributed by atoms with E-state index in [2.05, 4.69) is 119 Å². The Morgan fingerprint density at radius 1 is 0.519 bits per heavy atom. The van der Waals surface area contributed by atoms with Crippen molar-refractivity contribution in [2.24, 2.45) is 0 Å². The van der Waals surface area contributed by atoms with E-state index >= 15 is 0 Å². The number of rotatable bonds is 2. The van der Waals surface area contributed by atoms with Crippen LogP contribution < -0.4 is 0 Å². The molecule has 0 radical (unpaired) electrons. The van der Waals surface area contributed by atoms with E-state index in [1.807, 2.05) is 11.8 Å². The van der Waals surface area contributed by atoms with Crippen LogP contribution in [0.3, 0.4) is 0 Å². The third-order valence-corrected chi connectivity index (χ3v) is 6.97. The second kappa shape index (κ2) is 6.70. The maximum Gasteiger partial charge on any atom is 0.0723 e. The van der Waals surface area contributed by atoms with Gasteiger partial charge in [-0.05, 0) is 46.5 Å². The Labute approximate surface area is 172 Å². The second-order valence-electron chi connectivity index (χ2n) is 6.72. The Hall–Kier alpha value is -2.29. The third-order valence-electron chi connectivity index (χ3n) is 5.29. The molecule has 0 bridgehead atoms. The Bertz CT molecular complexity index is 1050. The second-order valence-corrected chi connectivity index (χ2v) is 8.72. The number of benzene rings is 4. The summed E-state index contributed by atoms with van der Waals surface area (Å²) in [5.41, 5.74) is 4.97. The summed E-state index contributed by atoms with van der Waals surface area (Å²) < 4.78 is 1.10. The average Bonchev–Trinajstić information content (AvgIpc) is 2.73. The fourth-order valence-corrected chi connectivity index (χ4v) is 5.63. The highest BCUT2D eigenvalue weighted by Crippen LogP contribution is 2.55. The molecule has 0 N–H and O–H groups in total. The first kappa shape index (κ1) is 16.9. The van der Waals surface area contributed by atoms with Gasteiger partial charge >= 0.3 is 0 Å². The number of halogens is 1. The first-order valence-corrected chi connectivity index (χ1v) is 10.6. The molecule has 0 amide bonds. The van der Waals surface area contributed by atoms with E-state index < -0.39 is 0 Å². The first-order chi connectivity index (χ1) is 13.3. The van der Waals surface area contributed by atoms with Crippen molar-refractivity contribution in [2.75, 3.05) is 0 Å². The van der Waals surface area contributed by atoms with Crippen LogP contribution in [0.5, 0.6) is 0 Å². The smallest absolute Gasteiger partial charge is 0.0723 e. The van der Waals surface area contributed by atoms with Gasteiger partial charge in [-0.25, -0.2) is 0 Å². The molecule has 5 rings (SSSR count). The zero-order valence-electron chi connectivity index (χ0n) is 14.6. The minimum absolute atomic E-state index is 0.319. The maximum absolute atomic E-state index is 3.60. The molecule has 4 aromatic carbocycles. The van der Waals surface area contributed by atoms with Gasteiger partial charge in [0, 0.05) is 14.3 Å². The number of fused-ring (bicyclic) bond motifs is 2. The van der Waals surface area contributed by atoms with Crippen LogP contribution in [0.1, 0.15) is 22.3 Å². The highest BCUT2D eigenvalue weighted by atomic mass is 79.9. The number of hydrogen-bond donors (Lipinski definition) is 0. The predicted octanol–water partition coefficient (Wildman–Crippen LogP) is 7.30. The summed E-state index contributed by atoms with van der Waals surface area (Å²) in [6.07, 6.45) is 0. The standard InChI is InChI=1S/C25H17BrS/c26-20-16-14-19(15-17-20)25(18-8-2-1-3-9-18)21-10-4-6-12-23(21)27-24-13-7-5-11-22(24)25/h1-17H. The minimum Gasteiger partial charge on any atom is -0.0894 e. The lowest BCUT2D eigenvalue weighted by Crippen LogP contribution is -2.33. The third kappa shape index (κ3) is 2.59. The zero-order chi connectivity index (χ0) is 18.3. The molecular formula is C25H17BrS. The van der Waals surface area contributed by atoms with Crippen molar-refractivity contribution in [3.8, 4) is 0 Å². The van der Waals surface area contributed by atoms with Gasteiger partial charge in [0.1, 0.15) is 0 Å². The van der Waals surface area contributed by atoms with Gasteiger partial charge in [-0.3, -0.25) is 0 Å². The Balaban J connectivity index is 1.95. The van der Waals surface area contributed by atoms with Gasteiger partial charge in [0.15, 0.2) is 0 Å². The lowest BCUT2D eigenvalue weighted by Gasteiger charge is -2.41. The van der Waals surface area contributed by atoms with Crippen LogP contribution in [0.4, 0.5) is 0 Å². The van der Waals surface area contributed by atoms with E-state index in [0.717, 1.165) is 4.47 Å². The van der Waals surface area contributed by atoms with Crippen molar-refractivity contribution in [3.63, 3.8) is 0 Å². The molecule has 0 fully saturated rings. The highest BCUT2D eigenvalue weighted by molar-refractivity contribution is 9.10. The Morgan fingerprint density at radius 3 is 1.59 bits per heavy atom. The van der Waals surface area contributed by atoms with E-state index in [1.54, 1.807) is 0 Å². The quantitative estimate of drug-likeness (QED) is 0.284. The molecule has 0 saturated heterocycles. The molecular weight excluding hydrogens is 412 g/mol. The Kier molecular flexibility index (Phi) is 4.18. The van der Waals surface area contributed by atoms with Crippen molar-refractivity contribution in [1.82, 2.24) is 0 Å².